The van der Waals surface area contributed by atoms with Crippen LogP contribution in [-0.4, -0.2) is 26.9 Å². The van der Waals surface area contributed by atoms with Gasteiger partial charge in [0, 0.05) is 13.1 Å². The first-order valence-corrected chi connectivity index (χ1v) is 6.35. The van der Waals surface area contributed by atoms with Gasteiger partial charge in [0.05, 0.1) is 4.90 Å². The van der Waals surface area contributed by atoms with Crippen molar-refractivity contribution in [2.24, 2.45) is 5.14 Å². The molecule has 15 heavy (non-hydrogen) atoms. The molecule has 2 N–H and O–H groups in total. The van der Waals surface area contributed by atoms with E-state index in [0.29, 0.717) is 0 Å². The summed E-state index contributed by atoms with van der Waals surface area (Å²) in [5.41, 5.74) is 1.95. The molecule has 2 rings (SSSR count). The molecule has 0 spiro atoms. The van der Waals surface area contributed by atoms with E-state index in [1.165, 1.54) is 0 Å². The van der Waals surface area contributed by atoms with Crippen molar-refractivity contribution in [3.05, 3.63) is 29.3 Å². The van der Waals surface area contributed by atoms with Gasteiger partial charge in [-0.05, 0) is 30.7 Å². The standard InChI is InChI=1S/C10H14N2O2S/c1-12-6-5-9-8(7-12)3-2-4-10(9)15(11,13)14/h2-4H,5-7H2,1H3,(H2,11,13,14). The van der Waals surface area contributed by atoms with Gasteiger partial charge in [0.2, 0.25) is 10.0 Å². The number of sulfonamides is 1. The summed E-state index contributed by atoms with van der Waals surface area (Å²) < 4.78 is 22.7. The maximum Gasteiger partial charge on any atom is 0.238 e. The van der Waals surface area contributed by atoms with Crippen molar-refractivity contribution in [3.8, 4) is 0 Å². The van der Waals surface area contributed by atoms with E-state index >= 15 is 0 Å². The second-order valence-corrected chi connectivity index (χ2v) is 5.46. The molecule has 82 valence electrons. The van der Waals surface area contributed by atoms with E-state index in [-0.39, 0.29) is 4.90 Å². The Morgan fingerprint density at radius 1 is 1.40 bits per heavy atom. The average Bonchev–Trinajstić information content (AvgIpc) is 2.15. The summed E-state index contributed by atoms with van der Waals surface area (Å²) in [6.07, 6.45) is 0.748. The van der Waals surface area contributed by atoms with E-state index in [4.69, 9.17) is 5.14 Å². The lowest BCUT2D eigenvalue weighted by molar-refractivity contribution is 0.311. The van der Waals surface area contributed by atoms with E-state index in [0.717, 1.165) is 30.6 Å². The molecule has 0 unspecified atom stereocenters. The van der Waals surface area contributed by atoms with E-state index in [2.05, 4.69) is 4.90 Å². The fraction of sp³-hybridized carbons (Fsp3) is 0.400. The van der Waals surface area contributed by atoms with Crippen LogP contribution in [-0.2, 0) is 23.0 Å². The van der Waals surface area contributed by atoms with Gasteiger partial charge in [-0.15, -0.1) is 0 Å². The molecule has 1 heterocycles. The van der Waals surface area contributed by atoms with Gasteiger partial charge in [0.1, 0.15) is 0 Å². The Kier molecular flexibility index (Phi) is 2.54. The van der Waals surface area contributed by atoms with Crippen molar-refractivity contribution in [2.45, 2.75) is 17.9 Å². The Hall–Kier alpha value is -0.910. The van der Waals surface area contributed by atoms with Gasteiger partial charge in [0.15, 0.2) is 0 Å². The lowest BCUT2D eigenvalue weighted by Crippen LogP contribution is -2.28. The summed E-state index contributed by atoms with van der Waals surface area (Å²) in [6, 6.07) is 5.29. The minimum Gasteiger partial charge on any atom is -0.302 e. The highest BCUT2D eigenvalue weighted by atomic mass is 32.2. The maximum atomic E-state index is 11.4. The van der Waals surface area contributed by atoms with Crippen LogP contribution in [0.5, 0.6) is 0 Å². The largest absolute Gasteiger partial charge is 0.302 e. The van der Waals surface area contributed by atoms with Crippen LogP contribution in [0.4, 0.5) is 0 Å². The third-order valence-electron chi connectivity index (χ3n) is 2.72. The van der Waals surface area contributed by atoms with Gasteiger partial charge in [0.25, 0.3) is 0 Å². The molecule has 5 heteroatoms. The van der Waals surface area contributed by atoms with Crippen molar-refractivity contribution in [1.29, 1.82) is 0 Å². The minimum atomic E-state index is -3.58. The number of hydrogen-bond acceptors (Lipinski definition) is 3. The van der Waals surface area contributed by atoms with Crippen molar-refractivity contribution in [2.75, 3.05) is 13.6 Å². The van der Waals surface area contributed by atoms with Crippen LogP contribution >= 0.6 is 0 Å². The number of likely N-dealkylation sites (N-methyl/N-ethyl adjacent to an activating group) is 1. The molecule has 0 aliphatic carbocycles. The van der Waals surface area contributed by atoms with Gasteiger partial charge in [-0.2, -0.15) is 0 Å². The molecular formula is C10H14N2O2S. The molecule has 0 atom stereocenters. The summed E-state index contributed by atoms with van der Waals surface area (Å²) in [5.74, 6) is 0. The summed E-state index contributed by atoms with van der Waals surface area (Å²) in [6.45, 7) is 1.66. The van der Waals surface area contributed by atoms with Gasteiger partial charge in [-0.1, -0.05) is 12.1 Å². The molecule has 1 aromatic rings. The van der Waals surface area contributed by atoms with Gasteiger partial charge >= 0.3 is 0 Å². The number of benzene rings is 1. The van der Waals surface area contributed by atoms with Crippen LogP contribution in [0, 0.1) is 0 Å². The maximum absolute atomic E-state index is 11.4. The Balaban J connectivity index is 2.56. The molecule has 0 fully saturated rings. The smallest absolute Gasteiger partial charge is 0.238 e. The quantitative estimate of drug-likeness (QED) is 0.750. The SMILES string of the molecule is CN1CCc2c(cccc2S(N)(=O)=O)C1. The first kappa shape index (κ1) is 10.6. The molecule has 0 amide bonds. The lowest BCUT2D eigenvalue weighted by Gasteiger charge is -2.26. The molecule has 0 saturated carbocycles. The highest BCUT2D eigenvalue weighted by molar-refractivity contribution is 7.89. The molecule has 0 bridgehead atoms. The van der Waals surface area contributed by atoms with Gasteiger partial charge in [-0.25, -0.2) is 13.6 Å². The number of hydrogen-bond donors (Lipinski definition) is 1. The molecule has 1 aliphatic heterocycles. The predicted octanol–water partition coefficient (Wildman–Crippen LogP) is 0.322. The van der Waals surface area contributed by atoms with Crippen LogP contribution in [0.25, 0.3) is 0 Å². The number of fused-ring (bicyclic) bond motifs is 1. The topological polar surface area (TPSA) is 63.4 Å². The summed E-state index contributed by atoms with van der Waals surface area (Å²) in [7, 11) is -1.56. The highest BCUT2D eigenvalue weighted by Gasteiger charge is 2.20. The second kappa shape index (κ2) is 3.59. The van der Waals surface area contributed by atoms with Crippen LogP contribution in [0.15, 0.2) is 23.1 Å². The number of nitrogens with zero attached hydrogens (tertiary/aromatic N) is 1. The van der Waals surface area contributed by atoms with Crippen LogP contribution in [0.1, 0.15) is 11.1 Å². The fourth-order valence-corrected chi connectivity index (χ4v) is 2.83. The monoisotopic (exact) mass is 226 g/mol. The molecule has 0 aromatic heterocycles. The third kappa shape index (κ3) is 2.04. The van der Waals surface area contributed by atoms with Crippen molar-refractivity contribution >= 4 is 10.0 Å². The fourth-order valence-electron chi connectivity index (χ4n) is 1.98. The van der Waals surface area contributed by atoms with E-state index in [9.17, 15) is 8.42 Å². The third-order valence-corrected chi connectivity index (χ3v) is 3.72. The molecule has 4 nitrogen and oxygen atoms in total. The Morgan fingerprint density at radius 2 is 2.13 bits per heavy atom. The normalized spacial score (nSPS) is 17.5. The first-order chi connectivity index (χ1) is 6.98. The van der Waals surface area contributed by atoms with Crippen molar-refractivity contribution in [3.63, 3.8) is 0 Å². The Bertz CT molecular complexity index is 482. The van der Waals surface area contributed by atoms with E-state index < -0.39 is 10.0 Å². The molecule has 1 aliphatic rings. The average molecular weight is 226 g/mol. The molecular weight excluding hydrogens is 212 g/mol. The molecule has 1 aromatic carbocycles. The van der Waals surface area contributed by atoms with Gasteiger partial charge in [-0.3, -0.25) is 0 Å². The zero-order valence-corrected chi connectivity index (χ0v) is 9.42. The Morgan fingerprint density at radius 3 is 2.80 bits per heavy atom. The van der Waals surface area contributed by atoms with Crippen molar-refractivity contribution in [1.82, 2.24) is 4.90 Å². The summed E-state index contributed by atoms with van der Waals surface area (Å²) in [5, 5.41) is 5.17. The molecule has 0 saturated heterocycles. The minimum absolute atomic E-state index is 0.285. The number of primary sulfonamides is 1. The van der Waals surface area contributed by atoms with E-state index in [1.54, 1.807) is 12.1 Å². The van der Waals surface area contributed by atoms with Gasteiger partial charge < -0.3 is 4.90 Å². The van der Waals surface area contributed by atoms with E-state index in [1.807, 2.05) is 13.1 Å². The highest BCUT2D eigenvalue weighted by Crippen LogP contribution is 2.24. The zero-order chi connectivity index (χ0) is 11.1. The summed E-state index contributed by atoms with van der Waals surface area (Å²) in [4.78, 5) is 2.45. The Labute approximate surface area is 89.7 Å². The van der Waals surface area contributed by atoms with Crippen LogP contribution in [0.2, 0.25) is 0 Å². The lowest BCUT2D eigenvalue weighted by atomic mass is 10.0. The number of rotatable bonds is 1. The molecule has 0 radical (unpaired) electrons. The van der Waals surface area contributed by atoms with Crippen LogP contribution < -0.4 is 5.14 Å². The predicted molar refractivity (Wildman–Crippen MR) is 57.9 cm³/mol. The number of nitrogens with two attached hydrogens (primary N) is 1. The van der Waals surface area contributed by atoms with Crippen molar-refractivity contribution < 1.29 is 8.42 Å². The first-order valence-electron chi connectivity index (χ1n) is 4.80. The van der Waals surface area contributed by atoms with Crippen LogP contribution in [0.3, 0.4) is 0 Å². The zero-order valence-electron chi connectivity index (χ0n) is 8.60. The second-order valence-electron chi connectivity index (χ2n) is 3.93. The summed E-state index contributed by atoms with van der Waals surface area (Å²) >= 11 is 0.